The number of ether oxygens (including phenoxy) is 1. The smallest absolute Gasteiger partial charge is 0.0753 e. The summed E-state index contributed by atoms with van der Waals surface area (Å²) in [5, 5.41) is 13.0. The highest BCUT2D eigenvalue weighted by molar-refractivity contribution is 4.84. The molecule has 0 spiro atoms. The number of hydrogen-bond donors (Lipinski definition) is 2. The fraction of sp³-hybridized carbons (Fsp3) is 1.00. The van der Waals surface area contributed by atoms with Crippen LogP contribution in [-0.4, -0.2) is 60.5 Å². The molecule has 4 heteroatoms. The molecule has 0 amide bonds. The number of rotatable bonds is 8. The van der Waals surface area contributed by atoms with E-state index in [1.165, 1.54) is 0 Å². The van der Waals surface area contributed by atoms with Crippen molar-refractivity contribution in [3.05, 3.63) is 0 Å². The third kappa shape index (κ3) is 6.21. The topological polar surface area (TPSA) is 44.7 Å². The highest BCUT2D eigenvalue weighted by atomic mass is 16.5. The molecule has 1 rings (SSSR count). The maximum atomic E-state index is 9.54. The summed E-state index contributed by atoms with van der Waals surface area (Å²) >= 11 is 0. The average Bonchev–Trinajstić information content (AvgIpc) is 2.35. The first-order chi connectivity index (χ1) is 8.91. The van der Waals surface area contributed by atoms with E-state index in [2.05, 4.69) is 37.9 Å². The Morgan fingerprint density at radius 3 is 2.74 bits per heavy atom. The normalized spacial score (nSPS) is 23.2. The predicted molar refractivity (Wildman–Crippen MR) is 79.5 cm³/mol. The molecule has 2 N–H and O–H groups in total. The van der Waals surface area contributed by atoms with Crippen LogP contribution in [0, 0.1) is 0 Å². The molecule has 4 nitrogen and oxygen atoms in total. The molecule has 19 heavy (non-hydrogen) atoms. The largest absolute Gasteiger partial charge is 0.394 e. The van der Waals surface area contributed by atoms with Crippen LogP contribution in [0.4, 0.5) is 0 Å². The molecule has 0 bridgehead atoms. The molecule has 1 aliphatic rings. The van der Waals surface area contributed by atoms with Crippen molar-refractivity contribution in [2.45, 2.75) is 58.1 Å². The summed E-state index contributed by atoms with van der Waals surface area (Å²) in [4.78, 5) is 2.47. The second-order valence-corrected chi connectivity index (χ2v) is 6.63. The van der Waals surface area contributed by atoms with Gasteiger partial charge in [-0.15, -0.1) is 0 Å². The minimum Gasteiger partial charge on any atom is -0.394 e. The van der Waals surface area contributed by atoms with E-state index in [1.807, 2.05) is 0 Å². The van der Waals surface area contributed by atoms with Crippen molar-refractivity contribution in [1.82, 2.24) is 10.2 Å². The van der Waals surface area contributed by atoms with Crippen molar-refractivity contribution < 1.29 is 9.84 Å². The zero-order chi connectivity index (χ0) is 14.4. The summed E-state index contributed by atoms with van der Waals surface area (Å²) in [6.07, 6.45) is 3.23. The van der Waals surface area contributed by atoms with Gasteiger partial charge < -0.3 is 15.2 Å². The zero-order valence-electron chi connectivity index (χ0n) is 13.2. The van der Waals surface area contributed by atoms with Gasteiger partial charge in [0.2, 0.25) is 0 Å². The summed E-state index contributed by atoms with van der Waals surface area (Å²) in [5.41, 5.74) is -0.142. The first-order valence-electron chi connectivity index (χ1n) is 7.63. The number of aliphatic hydroxyl groups is 1. The third-order valence-electron chi connectivity index (χ3n) is 3.86. The van der Waals surface area contributed by atoms with Gasteiger partial charge in [-0.3, -0.25) is 4.90 Å². The van der Waals surface area contributed by atoms with Gasteiger partial charge in [-0.1, -0.05) is 6.92 Å². The van der Waals surface area contributed by atoms with E-state index < -0.39 is 0 Å². The van der Waals surface area contributed by atoms with E-state index in [0.717, 1.165) is 52.0 Å². The van der Waals surface area contributed by atoms with Crippen LogP contribution in [0.1, 0.15) is 47.0 Å². The van der Waals surface area contributed by atoms with Gasteiger partial charge in [0.15, 0.2) is 0 Å². The Balaban J connectivity index is 2.28. The Kier molecular flexibility index (Phi) is 6.74. The van der Waals surface area contributed by atoms with Gasteiger partial charge >= 0.3 is 0 Å². The lowest BCUT2D eigenvalue weighted by Gasteiger charge is -2.38. The number of morpholine rings is 1. The monoisotopic (exact) mass is 272 g/mol. The number of aliphatic hydroxyl groups excluding tert-OH is 1. The predicted octanol–water partition coefficient (Wildman–Crippen LogP) is 1.63. The molecule has 0 aliphatic carbocycles. The molecule has 114 valence electrons. The average molecular weight is 272 g/mol. The van der Waals surface area contributed by atoms with E-state index in [9.17, 15) is 5.11 Å². The summed E-state index contributed by atoms with van der Waals surface area (Å²) in [6, 6.07) is 0. The van der Waals surface area contributed by atoms with Crippen molar-refractivity contribution in [3.8, 4) is 0 Å². The first-order valence-corrected chi connectivity index (χ1v) is 7.63. The molecule has 0 saturated carbocycles. The van der Waals surface area contributed by atoms with Crippen molar-refractivity contribution >= 4 is 0 Å². The van der Waals surface area contributed by atoms with Crippen LogP contribution in [0.3, 0.4) is 0 Å². The Morgan fingerprint density at radius 2 is 2.16 bits per heavy atom. The molecule has 1 atom stereocenters. The van der Waals surface area contributed by atoms with E-state index in [1.54, 1.807) is 0 Å². The van der Waals surface area contributed by atoms with Crippen LogP contribution in [0.5, 0.6) is 0 Å². The van der Waals surface area contributed by atoms with Gasteiger partial charge in [-0.25, -0.2) is 0 Å². The Bertz CT molecular complexity index is 259. The fourth-order valence-electron chi connectivity index (χ4n) is 2.65. The lowest BCUT2D eigenvalue weighted by molar-refractivity contribution is -0.0864. The molecule has 1 aliphatic heterocycles. The van der Waals surface area contributed by atoms with E-state index >= 15 is 0 Å². The number of nitrogens with one attached hydrogen (secondary N) is 1. The molecular weight excluding hydrogens is 240 g/mol. The summed E-state index contributed by atoms with van der Waals surface area (Å²) in [7, 11) is 0. The molecule has 1 heterocycles. The molecule has 1 saturated heterocycles. The van der Waals surface area contributed by atoms with Crippen molar-refractivity contribution in [2.75, 3.05) is 39.4 Å². The van der Waals surface area contributed by atoms with Crippen LogP contribution in [-0.2, 0) is 4.74 Å². The highest BCUT2D eigenvalue weighted by Gasteiger charge is 2.27. The SMILES string of the molecule is CCCNC(C)(CO)CCCN1CCOC(C)(C)C1. The first kappa shape index (κ1) is 16.9. The van der Waals surface area contributed by atoms with Crippen LogP contribution >= 0.6 is 0 Å². The molecule has 1 fully saturated rings. The van der Waals surface area contributed by atoms with Crippen LogP contribution in [0.15, 0.2) is 0 Å². The Hall–Kier alpha value is -0.160. The third-order valence-corrected chi connectivity index (χ3v) is 3.86. The van der Waals surface area contributed by atoms with Gasteiger partial charge in [-0.2, -0.15) is 0 Å². The fourth-order valence-corrected chi connectivity index (χ4v) is 2.65. The van der Waals surface area contributed by atoms with E-state index in [-0.39, 0.29) is 17.7 Å². The number of hydrogen-bond acceptors (Lipinski definition) is 4. The molecule has 1 unspecified atom stereocenters. The lowest BCUT2D eigenvalue weighted by Crippen LogP contribution is -2.49. The maximum Gasteiger partial charge on any atom is 0.0753 e. The molecule has 0 radical (unpaired) electrons. The van der Waals surface area contributed by atoms with Gasteiger partial charge in [0.05, 0.1) is 18.8 Å². The second kappa shape index (κ2) is 7.58. The summed E-state index contributed by atoms with van der Waals surface area (Å²) < 4.78 is 5.72. The van der Waals surface area contributed by atoms with E-state index in [0.29, 0.717) is 0 Å². The Labute approximate surface area is 118 Å². The van der Waals surface area contributed by atoms with E-state index in [4.69, 9.17) is 4.74 Å². The van der Waals surface area contributed by atoms with Crippen molar-refractivity contribution in [3.63, 3.8) is 0 Å². The van der Waals surface area contributed by atoms with Crippen LogP contribution in [0.25, 0.3) is 0 Å². The summed E-state index contributed by atoms with van der Waals surface area (Å²) in [5.74, 6) is 0. The minimum atomic E-state index is -0.127. The summed E-state index contributed by atoms with van der Waals surface area (Å²) in [6.45, 7) is 13.7. The molecular formula is C15H32N2O2. The highest BCUT2D eigenvalue weighted by Crippen LogP contribution is 2.18. The van der Waals surface area contributed by atoms with Crippen molar-refractivity contribution in [1.29, 1.82) is 0 Å². The molecule has 0 aromatic rings. The lowest BCUT2D eigenvalue weighted by atomic mass is 9.96. The second-order valence-electron chi connectivity index (χ2n) is 6.63. The Morgan fingerprint density at radius 1 is 1.42 bits per heavy atom. The van der Waals surface area contributed by atoms with Gasteiger partial charge in [0.25, 0.3) is 0 Å². The maximum absolute atomic E-state index is 9.54. The van der Waals surface area contributed by atoms with Gasteiger partial charge in [0.1, 0.15) is 0 Å². The number of nitrogens with zero attached hydrogens (tertiary/aromatic N) is 1. The standard InChI is InChI=1S/C15H32N2O2/c1-5-8-16-15(4,13-18)7-6-9-17-10-11-19-14(2,3)12-17/h16,18H,5-13H2,1-4H3. The van der Waals surface area contributed by atoms with Gasteiger partial charge in [0, 0.05) is 18.6 Å². The quantitative estimate of drug-likeness (QED) is 0.705. The molecule has 0 aromatic heterocycles. The minimum absolute atomic E-state index is 0.0149. The van der Waals surface area contributed by atoms with Crippen molar-refractivity contribution in [2.24, 2.45) is 0 Å². The zero-order valence-corrected chi connectivity index (χ0v) is 13.2. The van der Waals surface area contributed by atoms with Gasteiger partial charge in [-0.05, 0) is 53.1 Å². The van der Waals surface area contributed by atoms with Crippen LogP contribution < -0.4 is 5.32 Å². The van der Waals surface area contributed by atoms with Crippen LogP contribution in [0.2, 0.25) is 0 Å². The molecule has 0 aromatic carbocycles.